The molecule has 0 saturated carbocycles. The van der Waals surface area contributed by atoms with Gasteiger partial charge in [0.05, 0.1) is 23.0 Å². The molecule has 0 aliphatic carbocycles. The molecule has 356 valence electrons. The lowest BCUT2D eigenvalue weighted by atomic mass is 9.74. The largest absolute Gasteiger partial charge is 0.481 e. The molecule has 8 heteroatoms. The molecule has 0 aromatic heterocycles. The number of carboxylic acid groups (broad SMARTS) is 2. The van der Waals surface area contributed by atoms with Gasteiger partial charge >= 0.3 is 11.9 Å². The first-order valence-corrected chi connectivity index (χ1v) is 26.3. The topological polar surface area (TPSA) is 117 Å². The van der Waals surface area contributed by atoms with Gasteiger partial charge in [-0.3, -0.25) is 14.5 Å². The van der Waals surface area contributed by atoms with Crippen molar-refractivity contribution in [2.24, 2.45) is 10.8 Å². The van der Waals surface area contributed by atoms with Gasteiger partial charge in [0.15, 0.2) is 0 Å². The zero-order chi connectivity index (χ0) is 44.0. The normalized spacial score (nSPS) is 17.9. The van der Waals surface area contributed by atoms with Crippen molar-refractivity contribution in [3.05, 3.63) is 0 Å². The van der Waals surface area contributed by atoms with Crippen molar-refractivity contribution in [1.82, 2.24) is 4.90 Å². The van der Waals surface area contributed by atoms with Crippen molar-refractivity contribution < 1.29 is 34.4 Å². The Kier molecular flexibility index (Phi) is 36.2. The Bertz CT molecular complexity index is 925. The Morgan fingerprint density at radius 3 is 1.05 bits per heavy atom. The highest BCUT2D eigenvalue weighted by molar-refractivity contribution is 5.75. The van der Waals surface area contributed by atoms with Gasteiger partial charge in [-0.05, 0) is 70.8 Å². The standard InChI is InChI=1S/C52H101NO7/c1-5-9-13-17-19-27-37-51(49(55)56,35-25-15-11-7-3)39-29-23-33-43-59-47-45-53(41-31-21-22-32-42-54)46-48(47)60-44-34-24-30-40-52(50(57)58,36-26-16-12-8-4)38-28-20-18-14-10-6-2/h47-48,54H,5-46H2,1-4H3,(H,55,56)(H,57,58)/t47-,48+,51?,52?. The summed E-state index contributed by atoms with van der Waals surface area (Å²) >= 11 is 0. The van der Waals surface area contributed by atoms with Crippen LogP contribution in [-0.4, -0.2) is 83.8 Å². The lowest BCUT2D eigenvalue weighted by Gasteiger charge is -2.30. The fourth-order valence-electron chi connectivity index (χ4n) is 9.74. The fourth-order valence-corrected chi connectivity index (χ4v) is 9.74. The lowest BCUT2D eigenvalue weighted by Crippen LogP contribution is -2.32. The summed E-state index contributed by atoms with van der Waals surface area (Å²) in [5.74, 6) is -1.16. The molecule has 1 saturated heterocycles. The van der Waals surface area contributed by atoms with Gasteiger partial charge < -0.3 is 24.8 Å². The SMILES string of the molecule is CCCCCCCCC(CCCCCC)(CCCCCO[C@H]1CN(CCCCCCO)C[C@H]1OCCCCCC(CCCCCC)(CCCCCCCC)C(=O)O)C(=O)O. The summed E-state index contributed by atoms with van der Waals surface area (Å²) in [5.41, 5.74) is -1.17. The van der Waals surface area contributed by atoms with Crippen LogP contribution in [0.3, 0.4) is 0 Å². The third-order valence-corrected chi connectivity index (χ3v) is 13.9. The highest BCUT2D eigenvalue weighted by Gasteiger charge is 2.38. The van der Waals surface area contributed by atoms with Gasteiger partial charge in [-0.25, -0.2) is 0 Å². The first-order chi connectivity index (χ1) is 29.2. The predicted octanol–water partition coefficient (Wildman–Crippen LogP) is 14.3. The number of nitrogens with zero attached hydrogens (tertiary/aromatic N) is 1. The molecule has 0 radical (unpaired) electrons. The summed E-state index contributed by atoms with van der Waals surface area (Å²) in [6.45, 7) is 13.3. The minimum atomic E-state index is -0.584. The molecule has 0 bridgehead atoms. The van der Waals surface area contributed by atoms with Crippen LogP contribution in [-0.2, 0) is 19.1 Å². The predicted molar refractivity (Wildman–Crippen MR) is 252 cm³/mol. The molecule has 60 heavy (non-hydrogen) atoms. The molecular weight excluding hydrogens is 751 g/mol. The van der Waals surface area contributed by atoms with Crippen molar-refractivity contribution >= 4 is 11.9 Å². The highest BCUT2D eigenvalue weighted by atomic mass is 16.5. The Hall–Kier alpha value is -1.22. The van der Waals surface area contributed by atoms with Gasteiger partial charge in [0.25, 0.3) is 0 Å². The van der Waals surface area contributed by atoms with Crippen LogP contribution in [0, 0.1) is 10.8 Å². The number of unbranched alkanes of at least 4 members (excludes halogenated alkanes) is 23. The molecule has 1 aliphatic rings. The van der Waals surface area contributed by atoms with E-state index in [1.165, 1.54) is 77.0 Å². The Morgan fingerprint density at radius 1 is 0.433 bits per heavy atom. The van der Waals surface area contributed by atoms with E-state index in [-0.39, 0.29) is 18.8 Å². The van der Waals surface area contributed by atoms with E-state index in [0.29, 0.717) is 13.2 Å². The van der Waals surface area contributed by atoms with Gasteiger partial charge in [-0.15, -0.1) is 0 Å². The fraction of sp³-hybridized carbons (Fsp3) is 0.962. The second-order valence-electron chi connectivity index (χ2n) is 19.2. The first-order valence-electron chi connectivity index (χ1n) is 26.3. The average molecular weight is 852 g/mol. The van der Waals surface area contributed by atoms with Crippen LogP contribution in [0.5, 0.6) is 0 Å². The van der Waals surface area contributed by atoms with Crippen molar-refractivity contribution in [2.45, 2.75) is 271 Å². The van der Waals surface area contributed by atoms with Gasteiger partial charge in [-0.2, -0.15) is 0 Å². The molecule has 0 amide bonds. The van der Waals surface area contributed by atoms with E-state index in [0.717, 1.165) is 174 Å². The second-order valence-corrected chi connectivity index (χ2v) is 19.2. The van der Waals surface area contributed by atoms with Crippen LogP contribution in [0.4, 0.5) is 0 Å². The summed E-state index contributed by atoms with van der Waals surface area (Å²) < 4.78 is 13.1. The molecule has 1 fully saturated rings. The highest BCUT2D eigenvalue weighted by Crippen LogP contribution is 2.39. The van der Waals surface area contributed by atoms with Gasteiger partial charge in [0, 0.05) is 32.9 Å². The molecule has 1 aliphatic heterocycles. The van der Waals surface area contributed by atoms with Crippen molar-refractivity contribution in [3.8, 4) is 0 Å². The van der Waals surface area contributed by atoms with Crippen LogP contribution in [0.2, 0.25) is 0 Å². The van der Waals surface area contributed by atoms with Crippen LogP contribution >= 0.6 is 0 Å². The van der Waals surface area contributed by atoms with Gasteiger partial charge in [-0.1, -0.05) is 195 Å². The van der Waals surface area contributed by atoms with E-state index in [1.54, 1.807) is 0 Å². The van der Waals surface area contributed by atoms with Crippen LogP contribution in [0.15, 0.2) is 0 Å². The number of ether oxygens (including phenoxy) is 2. The third-order valence-electron chi connectivity index (χ3n) is 13.9. The molecule has 2 unspecified atom stereocenters. The minimum Gasteiger partial charge on any atom is -0.481 e. The van der Waals surface area contributed by atoms with Crippen molar-refractivity contribution in [3.63, 3.8) is 0 Å². The minimum absolute atomic E-state index is 0.0342. The van der Waals surface area contributed by atoms with Crippen molar-refractivity contribution in [1.29, 1.82) is 0 Å². The summed E-state index contributed by atoms with van der Waals surface area (Å²) in [4.78, 5) is 28.1. The first kappa shape index (κ1) is 56.8. The molecule has 1 rings (SSSR count). The second kappa shape index (κ2) is 38.3. The number of carbonyl (C=O) groups is 2. The van der Waals surface area contributed by atoms with E-state index in [4.69, 9.17) is 9.47 Å². The molecule has 1 heterocycles. The van der Waals surface area contributed by atoms with E-state index in [2.05, 4.69) is 32.6 Å². The van der Waals surface area contributed by atoms with E-state index < -0.39 is 22.8 Å². The number of aliphatic hydroxyl groups excluding tert-OH is 1. The molecule has 0 spiro atoms. The Labute approximate surface area is 371 Å². The van der Waals surface area contributed by atoms with E-state index >= 15 is 0 Å². The lowest BCUT2D eigenvalue weighted by molar-refractivity contribution is -0.151. The van der Waals surface area contributed by atoms with Crippen LogP contribution in [0.25, 0.3) is 0 Å². The molecular formula is C52H101NO7. The van der Waals surface area contributed by atoms with Crippen molar-refractivity contribution in [2.75, 3.05) is 39.5 Å². The molecule has 3 N–H and O–H groups in total. The van der Waals surface area contributed by atoms with Crippen LogP contribution in [0.1, 0.15) is 259 Å². The van der Waals surface area contributed by atoms with E-state index in [9.17, 15) is 24.9 Å². The Balaban J connectivity index is 2.71. The Morgan fingerprint density at radius 2 is 0.717 bits per heavy atom. The summed E-state index contributed by atoms with van der Waals surface area (Å²) in [6, 6.07) is 0. The number of hydrogen-bond donors (Lipinski definition) is 3. The number of aliphatic hydroxyl groups is 1. The number of carboxylic acids is 2. The molecule has 8 nitrogen and oxygen atoms in total. The maximum atomic E-state index is 12.8. The number of likely N-dealkylation sites (tertiary alicyclic amines) is 1. The maximum Gasteiger partial charge on any atom is 0.309 e. The number of hydrogen-bond acceptors (Lipinski definition) is 6. The van der Waals surface area contributed by atoms with Gasteiger partial charge in [0.2, 0.25) is 0 Å². The molecule has 4 atom stereocenters. The number of aliphatic carboxylic acids is 2. The zero-order valence-electron chi connectivity index (χ0n) is 40.3. The smallest absolute Gasteiger partial charge is 0.309 e. The molecule has 0 aromatic carbocycles. The third kappa shape index (κ3) is 26.4. The summed E-state index contributed by atoms with van der Waals surface area (Å²) in [5, 5.41) is 30.3. The quantitative estimate of drug-likeness (QED) is 0.0519. The summed E-state index contributed by atoms with van der Waals surface area (Å²) in [7, 11) is 0. The zero-order valence-corrected chi connectivity index (χ0v) is 40.3. The monoisotopic (exact) mass is 852 g/mol. The van der Waals surface area contributed by atoms with Crippen LogP contribution < -0.4 is 0 Å². The molecule has 0 aromatic rings. The summed E-state index contributed by atoms with van der Waals surface area (Å²) in [6.07, 6.45) is 38.0. The number of rotatable bonds is 46. The average Bonchev–Trinajstić information content (AvgIpc) is 3.63. The maximum absolute atomic E-state index is 12.8. The van der Waals surface area contributed by atoms with Gasteiger partial charge in [0.1, 0.15) is 0 Å². The van der Waals surface area contributed by atoms with E-state index in [1.807, 2.05) is 0 Å².